The van der Waals surface area contributed by atoms with Gasteiger partial charge in [0.15, 0.2) is 0 Å². The number of nitrogens with zero attached hydrogens (tertiary/aromatic N) is 4. The van der Waals surface area contributed by atoms with E-state index in [4.69, 9.17) is 27.9 Å². The SMILES string of the molecule is COc1ccccc1Nc1nc(Cl)nc(Nc2ccc(Nc3ccnc4cc(Cl)ccc34)cc2)n1. The lowest BCUT2D eigenvalue weighted by molar-refractivity contribution is 0.417. The molecular weight excluding hydrogens is 485 g/mol. The largest absolute Gasteiger partial charge is 0.495 e. The molecule has 0 aliphatic rings. The molecule has 5 rings (SSSR count). The van der Waals surface area contributed by atoms with Crippen LogP contribution in [0.25, 0.3) is 10.9 Å². The second-order valence-corrected chi connectivity index (χ2v) is 8.20. The van der Waals surface area contributed by atoms with Gasteiger partial charge in [-0.05, 0) is 72.3 Å². The van der Waals surface area contributed by atoms with Gasteiger partial charge < -0.3 is 20.7 Å². The zero-order chi connectivity index (χ0) is 24.2. The molecule has 0 fully saturated rings. The Labute approximate surface area is 211 Å². The maximum Gasteiger partial charge on any atom is 0.233 e. The van der Waals surface area contributed by atoms with Crippen LogP contribution >= 0.6 is 23.2 Å². The fraction of sp³-hybridized carbons (Fsp3) is 0.0400. The molecule has 0 amide bonds. The van der Waals surface area contributed by atoms with E-state index < -0.39 is 0 Å². The van der Waals surface area contributed by atoms with Crippen LogP contribution in [-0.4, -0.2) is 27.0 Å². The monoisotopic (exact) mass is 503 g/mol. The highest BCUT2D eigenvalue weighted by atomic mass is 35.5. The van der Waals surface area contributed by atoms with Crippen molar-refractivity contribution in [3.63, 3.8) is 0 Å². The van der Waals surface area contributed by atoms with Crippen LogP contribution < -0.4 is 20.7 Å². The molecule has 0 saturated carbocycles. The van der Waals surface area contributed by atoms with Crippen LogP contribution in [0.1, 0.15) is 0 Å². The first-order valence-corrected chi connectivity index (χ1v) is 11.3. The topological polar surface area (TPSA) is 96.9 Å². The number of halogens is 2. The number of anilines is 6. The van der Waals surface area contributed by atoms with E-state index in [2.05, 4.69) is 35.9 Å². The Kier molecular flexibility index (Phi) is 6.47. The van der Waals surface area contributed by atoms with Crippen molar-refractivity contribution in [3.8, 4) is 5.75 Å². The molecule has 2 heterocycles. The van der Waals surface area contributed by atoms with Gasteiger partial charge in [-0.15, -0.1) is 0 Å². The predicted molar refractivity (Wildman–Crippen MR) is 141 cm³/mol. The summed E-state index contributed by atoms with van der Waals surface area (Å²) in [5.74, 6) is 1.26. The summed E-state index contributed by atoms with van der Waals surface area (Å²) in [6.45, 7) is 0. The third kappa shape index (κ3) is 5.34. The highest BCUT2D eigenvalue weighted by Gasteiger charge is 2.09. The van der Waals surface area contributed by atoms with Crippen molar-refractivity contribution in [1.29, 1.82) is 0 Å². The van der Waals surface area contributed by atoms with E-state index in [1.807, 2.05) is 72.8 Å². The quantitative estimate of drug-likeness (QED) is 0.219. The summed E-state index contributed by atoms with van der Waals surface area (Å²) in [4.78, 5) is 17.1. The first-order valence-electron chi connectivity index (χ1n) is 10.6. The third-order valence-corrected chi connectivity index (χ3v) is 5.49. The second-order valence-electron chi connectivity index (χ2n) is 7.42. The first-order chi connectivity index (χ1) is 17.1. The van der Waals surface area contributed by atoms with Gasteiger partial charge in [0.2, 0.25) is 17.2 Å². The molecule has 3 aromatic carbocycles. The van der Waals surface area contributed by atoms with Gasteiger partial charge in [0.05, 0.1) is 18.3 Å². The van der Waals surface area contributed by atoms with Crippen LogP contribution in [0.15, 0.2) is 79.0 Å². The standard InChI is InChI=1S/C25H19Cl2N7O/c1-35-22-5-3-2-4-20(22)31-25-33-23(27)32-24(34-25)30-17-9-7-16(8-10-17)29-19-12-13-28-21-14-15(26)6-11-18(19)21/h2-14H,1H3,(H,28,29)(H2,30,31,32,33,34). The molecule has 0 radical (unpaired) electrons. The Morgan fingerprint density at radius 1 is 0.714 bits per heavy atom. The van der Waals surface area contributed by atoms with Crippen LogP contribution in [0.5, 0.6) is 5.75 Å². The van der Waals surface area contributed by atoms with Crippen molar-refractivity contribution < 1.29 is 4.74 Å². The van der Waals surface area contributed by atoms with Gasteiger partial charge in [-0.2, -0.15) is 15.0 Å². The molecule has 0 atom stereocenters. The van der Waals surface area contributed by atoms with Crippen LogP contribution in [0.4, 0.5) is 34.6 Å². The molecule has 10 heteroatoms. The number of pyridine rings is 1. The van der Waals surface area contributed by atoms with Gasteiger partial charge >= 0.3 is 0 Å². The molecule has 174 valence electrons. The van der Waals surface area contributed by atoms with Crippen molar-refractivity contribution in [2.75, 3.05) is 23.1 Å². The van der Waals surface area contributed by atoms with E-state index in [-0.39, 0.29) is 5.28 Å². The lowest BCUT2D eigenvalue weighted by Gasteiger charge is -2.12. The molecule has 0 spiro atoms. The normalized spacial score (nSPS) is 10.7. The molecule has 3 N–H and O–H groups in total. The fourth-order valence-electron chi connectivity index (χ4n) is 3.48. The molecule has 35 heavy (non-hydrogen) atoms. The molecule has 0 unspecified atom stereocenters. The zero-order valence-electron chi connectivity index (χ0n) is 18.5. The summed E-state index contributed by atoms with van der Waals surface area (Å²) < 4.78 is 5.36. The molecule has 0 saturated heterocycles. The average Bonchev–Trinajstić information content (AvgIpc) is 2.85. The molecule has 5 aromatic rings. The van der Waals surface area contributed by atoms with Gasteiger partial charge in [-0.3, -0.25) is 4.98 Å². The number of aromatic nitrogens is 4. The Morgan fingerprint density at radius 2 is 1.43 bits per heavy atom. The Balaban J connectivity index is 1.32. The number of benzene rings is 3. The number of hydrogen-bond acceptors (Lipinski definition) is 8. The maximum absolute atomic E-state index is 6.13. The summed E-state index contributed by atoms with van der Waals surface area (Å²) in [6, 6.07) is 22.7. The highest BCUT2D eigenvalue weighted by molar-refractivity contribution is 6.31. The predicted octanol–water partition coefficient (Wildman–Crippen LogP) is 6.97. The smallest absolute Gasteiger partial charge is 0.233 e. The fourth-order valence-corrected chi connectivity index (χ4v) is 3.81. The number of ether oxygens (including phenoxy) is 1. The number of para-hydroxylation sites is 2. The van der Waals surface area contributed by atoms with E-state index in [0.717, 1.165) is 28.0 Å². The van der Waals surface area contributed by atoms with Gasteiger partial charge in [0.25, 0.3) is 0 Å². The minimum atomic E-state index is 0.0582. The Morgan fingerprint density at radius 3 is 2.20 bits per heavy atom. The van der Waals surface area contributed by atoms with Crippen molar-refractivity contribution in [3.05, 3.63) is 89.3 Å². The minimum Gasteiger partial charge on any atom is -0.495 e. The summed E-state index contributed by atoms with van der Waals surface area (Å²) >= 11 is 12.2. The summed E-state index contributed by atoms with van der Waals surface area (Å²) in [7, 11) is 1.60. The lowest BCUT2D eigenvalue weighted by Crippen LogP contribution is -2.04. The van der Waals surface area contributed by atoms with Gasteiger partial charge in [-0.1, -0.05) is 23.7 Å². The minimum absolute atomic E-state index is 0.0582. The van der Waals surface area contributed by atoms with Crippen molar-refractivity contribution in [2.45, 2.75) is 0 Å². The number of nitrogens with one attached hydrogen (secondary N) is 3. The van der Waals surface area contributed by atoms with Crippen LogP contribution in [0.2, 0.25) is 10.3 Å². The zero-order valence-corrected chi connectivity index (χ0v) is 20.0. The lowest BCUT2D eigenvalue weighted by atomic mass is 10.2. The van der Waals surface area contributed by atoms with Gasteiger partial charge in [-0.25, -0.2) is 0 Å². The Bertz CT molecular complexity index is 1500. The second kappa shape index (κ2) is 10.0. The van der Waals surface area contributed by atoms with Crippen LogP contribution in [-0.2, 0) is 0 Å². The van der Waals surface area contributed by atoms with Crippen molar-refractivity contribution in [1.82, 2.24) is 19.9 Å². The average molecular weight is 504 g/mol. The molecular formula is C25H19Cl2N7O. The third-order valence-electron chi connectivity index (χ3n) is 5.09. The summed E-state index contributed by atoms with van der Waals surface area (Å²) in [6.07, 6.45) is 1.75. The van der Waals surface area contributed by atoms with Crippen LogP contribution in [0, 0.1) is 0 Å². The highest BCUT2D eigenvalue weighted by Crippen LogP contribution is 2.29. The van der Waals surface area contributed by atoms with Crippen LogP contribution in [0.3, 0.4) is 0 Å². The first kappa shape index (κ1) is 22.6. The van der Waals surface area contributed by atoms with Gasteiger partial charge in [0, 0.05) is 33.7 Å². The van der Waals surface area contributed by atoms with E-state index in [1.54, 1.807) is 13.3 Å². The number of rotatable bonds is 7. The Hall–Kier alpha value is -4.14. The summed E-state index contributed by atoms with van der Waals surface area (Å²) in [5.41, 5.74) is 4.16. The van der Waals surface area contributed by atoms with E-state index in [0.29, 0.717) is 28.4 Å². The van der Waals surface area contributed by atoms with E-state index in [9.17, 15) is 0 Å². The van der Waals surface area contributed by atoms with Crippen molar-refractivity contribution in [2.24, 2.45) is 0 Å². The number of methoxy groups -OCH3 is 1. The molecule has 2 aromatic heterocycles. The molecule has 0 aliphatic carbocycles. The molecule has 0 aliphatic heterocycles. The molecule has 8 nitrogen and oxygen atoms in total. The van der Waals surface area contributed by atoms with Gasteiger partial charge in [0.1, 0.15) is 5.75 Å². The van der Waals surface area contributed by atoms with E-state index in [1.165, 1.54) is 0 Å². The molecule has 0 bridgehead atoms. The number of fused-ring (bicyclic) bond motifs is 1. The number of hydrogen-bond donors (Lipinski definition) is 3. The van der Waals surface area contributed by atoms with Crippen molar-refractivity contribution >= 4 is 68.8 Å². The maximum atomic E-state index is 6.13. The summed E-state index contributed by atoms with van der Waals surface area (Å²) in [5, 5.41) is 11.4. The van der Waals surface area contributed by atoms with E-state index >= 15 is 0 Å².